The average molecular weight is 562 g/mol. The van der Waals surface area contributed by atoms with Gasteiger partial charge in [0.2, 0.25) is 10.0 Å². The van der Waals surface area contributed by atoms with E-state index in [4.69, 9.17) is 0 Å². The molecule has 5 aromatic rings. The molecule has 9 nitrogen and oxygen atoms in total. The fourth-order valence-electron chi connectivity index (χ4n) is 4.35. The molecule has 11 heteroatoms. The fraction of sp³-hybridized carbons (Fsp3) is 0.0714. The Hall–Kier alpha value is -4.32. The quantitative estimate of drug-likeness (QED) is 0.206. The number of nitrogens with one attached hydrogen (secondary N) is 1. The summed E-state index contributed by atoms with van der Waals surface area (Å²) in [6.07, 6.45) is 0. The number of aryl methyl sites for hydroxylation is 1. The first kappa shape index (κ1) is 26.3. The SMILES string of the molecule is Cc1ccc(S(=O)(=O)N[C@@H](c2ccc([N+](=O)[O-])cc2)c2cc3ccccc3n2S(=O)(=O)c2ccccc2)cc1. The molecule has 1 N–H and O–H groups in total. The predicted molar refractivity (Wildman–Crippen MR) is 147 cm³/mol. The van der Waals surface area contributed by atoms with Crippen molar-refractivity contribution in [3.8, 4) is 0 Å². The van der Waals surface area contributed by atoms with Crippen LogP contribution in [0.15, 0.2) is 119 Å². The molecule has 0 saturated carbocycles. The first-order chi connectivity index (χ1) is 18.6. The van der Waals surface area contributed by atoms with Crippen molar-refractivity contribution in [1.82, 2.24) is 8.69 Å². The van der Waals surface area contributed by atoms with Crippen molar-refractivity contribution in [2.24, 2.45) is 0 Å². The summed E-state index contributed by atoms with van der Waals surface area (Å²) in [6.45, 7) is 1.83. The van der Waals surface area contributed by atoms with Crippen molar-refractivity contribution in [3.05, 3.63) is 136 Å². The van der Waals surface area contributed by atoms with E-state index < -0.39 is 31.0 Å². The van der Waals surface area contributed by atoms with Gasteiger partial charge in [-0.15, -0.1) is 0 Å². The number of nitro benzene ring substituents is 1. The lowest BCUT2D eigenvalue weighted by molar-refractivity contribution is -0.384. The molecule has 0 bridgehead atoms. The van der Waals surface area contributed by atoms with Crippen molar-refractivity contribution >= 4 is 36.6 Å². The number of para-hydroxylation sites is 1. The van der Waals surface area contributed by atoms with E-state index in [1.54, 1.807) is 60.7 Å². The number of nitrogens with zero attached hydrogens (tertiary/aromatic N) is 2. The molecule has 0 aliphatic heterocycles. The van der Waals surface area contributed by atoms with E-state index in [0.29, 0.717) is 16.5 Å². The second-order valence-corrected chi connectivity index (χ2v) is 12.4. The minimum Gasteiger partial charge on any atom is -0.258 e. The zero-order chi connectivity index (χ0) is 27.8. The molecule has 198 valence electrons. The van der Waals surface area contributed by atoms with Gasteiger partial charge in [0.25, 0.3) is 15.7 Å². The lowest BCUT2D eigenvalue weighted by atomic mass is 10.0. The molecule has 0 unspecified atom stereocenters. The lowest BCUT2D eigenvalue weighted by Gasteiger charge is -2.22. The standard InChI is InChI=1S/C28H23N3O6S2/c1-20-11-17-24(18-12-20)38(34,35)29-28(21-13-15-23(16-14-21)31(32)33)27-19-22-7-5-6-10-26(22)30(27)39(36,37)25-8-3-2-4-9-25/h2-19,28-29H,1H3/t28-/m0/s1. The zero-order valence-corrected chi connectivity index (χ0v) is 22.3. The van der Waals surface area contributed by atoms with Gasteiger partial charge in [0.1, 0.15) is 0 Å². The molecule has 5 rings (SSSR count). The van der Waals surface area contributed by atoms with Gasteiger partial charge in [-0.05, 0) is 48.9 Å². The summed E-state index contributed by atoms with van der Waals surface area (Å²) in [4.78, 5) is 10.7. The van der Waals surface area contributed by atoms with Crippen LogP contribution in [0, 0.1) is 17.0 Å². The van der Waals surface area contributed by atoms with E-state index >= 15 is 0 Å². The Bertz CT molecular complexity index is 1880. The van der Waals surface area contributed by atoms with Crippen molar-refractivity contribution in [1.29, 1.82) is 0 Å². The van der Waals surface area contributed by atoms with Crippen LogP contribution in [-0.2, 0) is 20.0 Å². The third-order valence-electron chi connectivity index (χ3n) is 6.31. The van der Waals surface area contributed by atoms with Crippen LogP contribution < -0.4 is 4.72 Å². The van der Waals surface area contributed by atoms with Gasteiger partial charge in [-0.1, -0.05) is 66.2 Å². The number of fused-ring (bicyclic) bond motifs is 1. The molecular weight excluding hydrogens is 538 g/mol. The first-order valence-corrected chi connectivity index (χ1v) is 14.7. The highest BCUT2D eigenvalue weighted by Crippen LogP contribution is 2.34. The van der Waals surface area contributed by atoms with Gasteiger partial charge in [0.05, 0.1) is 32.0 Å². The molecule has 39 heavy (non-hydrogen) atoms. The molecule has 0 fully saturated rings. The third-order valence-corrected chi connectivity index (χ3v) is 9.51. The normalized spacial score (nSPS) is 12.8. The molecule has 0 amide bonds. The van der Waals surface area contributed by atoms with E-state index in [1.165, 1.54) is 48.5 Å². The van der Waals surface area contributed by atoms with Crippen LogP contribution in [0.3, 0.4) is 0 Å². The number of sulfonamides is 1. The summed E-state index contributed by atoms with van der Waals surface area (Å²) in [5.74, 6) is 0. The zero-order valence-electron chi connectivity index (χ0n) is 20.6. The molecule has 1 aromatic heterocycles. The molecule has 0 spiro atoms. The van der Waals surface area contributed by atoms with Crippen molar-refractivity contribution < 1.29 is 21.8 Å². The maximum atomic E-state index is 14.0. The summed E-state index contributed by atoms with van der Waals surface area (Å²) < 4.78 is 58.8. The Morgan fingerprint density at radius 3 is 2.03 bits per heavy atom. The number of hydrogen-bond acceptors (Lipinski definition) is 6. The third kappa shape index (κ3) is 5.07. The Morgan fingerprint density at radius 2 is 1.38 bits per heavy atom. The van der Waals surface area contributed by atoms with E-state index in [0.717, 1.165) is 9.54 Å². The van der Waals surface area contributed by atoms with Crippen LogP contribution in [0.1, 0.15) is 22.9 Å². The van der Waals surface area contributed by atoms with Crippen LogP contribution in [0.25, 0.3) is 10.9 Å². The van der Waals surface area contributed by atoms with Gasteiger partial charge in [-0.25, -0.2) is 20.8 Å². The lowest BCUT2D eigenvalue weighted by Crippen LogP contribution is -2.32. The first-order valence-electron chi connectivity index (χ1n) is 11.8. The topological polar surface area (TPSA) is 128 Å². The monoisotopic (exact) mass is 561 g/mol. The second kappa shape index (κ2) is 10.1. The van der Waals surface area contributed by atoms with E-state index in [2.05, 4.69) is 4.72 Å². The minimum atomic E-state index is -4.18. The smallest absolute Gasteiger partial charge is 0.258 e. The van der Waals surface area contributed by atoms with Crippen LogP contribution in [0.4, 0.5) is 5.69 Å². The van der Waals surface area contributed by atoms with Gasteiger partial charge in [0, 0.05) is 17.5 Å². The van der Waals surface area contributed by atoms with Crippen LogP contribution in [0.5, 0.6) is 0 Å². The maximum Gasteiger partial charge on any atom is 0.269 e. The Kier molecular flexibility index (Phi) is 6.81. The van der Waals surface area contributed by atoms with Gasteiger partial charge < -0.3 is 0 Å². The molecular formula is C28H23N3O6S2. The minimum absolute atomic E-state index is 0.00594. The van der Waals surface area contributed by atoms with E-state index in [-0.39, 0.29) is 21.2 Å². The summed E-state index contributed by atoms with van der Waals surface area (Å²) in [7, 11) is -8.34. The highest BCUT2D eigenvalue weighted by atomic mass is 32.2. The van der Waals surface area contributed by atoms with Crippen LogP contribution in [-0.4, -0.2) is 25.7 Å². The summed E-state index contributed by atoms with van der Waals surface area (Å²) in [5, 5.41) is 11.8. The van der Waals surface area contributed by atoms with Crippen molar-refractivity contribution in [2.45, 2.75) is 22.8 Å². The average Bonchev–Trinajstić information content (AvgIpc) is 3.33. The van der Waals surface area contributed by atoms with Crippen LogP contribution >= 0.6 is 0 Å². The summed E-state index contributed by atoms with van der Waals surface area (Å²) >= 11 is 0. The van der Waals surface area contributed by atoms with E-state index in [9.17, 15) is 26.9 Å². The predicted octanol–water partition coefficient (Wildman–Crippen LogP) is 5.16. The van der Waals surface area contributed by atoms with Gasteiger partial charge >= 0.3 is 0 Å². The highest BCUT2D eigenvalue weighted by Gasteiger charge is 2.31. The largest absolute Gasteiger partial charge is 0.269 e. The number of nitro groups is 1. The fourth-order valence-corrected chi connectivity index (χ4v) is 7.12. The van der Waals surface area contributed by atoms with Crippen LogP contribution in [0.2, 0.25) is 0 Å². The number of benzene rings is 4. The van der Waals surface area contributed by atoms with Crippen molar-refractivity contribution in [3.63, 3.8) is 0 Å². The molecule has 1 heterocycles. The second-order valence-electron chi connectivity index (χ2n) is 8.93. The molecule has 0 aliphatic rings. The van der Waals surface area contributed by atoms with Gasteiger partial charge in [0.15, 0.2) is 0 Å². The summed E-state index contributed by atoms with van der Waals surface area (Å²) in [5.41, 5.74) is 1.50. The number of aromatic nitrogens is 1. The Labute approximate surface area is 225 Å². The Balaban J connectivity index is 1.76. The highest BCUT2D eigenvalue weighted by molar-refractivity contribution is 7.90. The number of hydrogen-bond donors (Lipinski definition) is 1. The van der Waals surface area contributed by atoms with Crippen molar-refractivity contribution in [2.75, 3.05) is 0 Å². The summed E-state index contributed by atoms with van der Waals surface area (Å²) in [6, 6.07) is 26.6. The maximum absolute atomic E-state index is 14.0. The molecule has 4 aromatic carbocycles. The van der Waals surface area contributed by atoms with Gasteiger partial charge in [-0.2, -0.15) is 4.72 Å². The Morgan fingerprint density at radius 1 is 0.769 bits per heavy atom. The molecule has 0 radical (unpaired) electrons. The molecule has 0 aliphatic carbocycles. The van der Waals surface area contributed by atoms with Gasteiger partial charge in [-0.3, -0.25) is 10.1 Å². The number of non-ortho nitro benzene ring substituents is 1. The molecule has 1 atom stereocenters. The number of rotatable bonds is 8. The van der Waals surface area contributed by atoms with E-state index in [1.807, 2.05) is 6.92 Å². The molecule has 0 saturated heterocycles.